The number of anilines is 1. The van der Waals surface area contributed by atoms with Gasteiger partial charge in [0.15, 0.2) is 5.65 Å². The van der Waals surface area contributed by atoms with Gasteiger partial charge < -0.3 is 5.73 Å². The number of nitrogens with one attached hydrogen (secondary N) is 1. The Labute approximate surface area is 71.5 Å². The molecule has 2 heterocycles. The molecular formula is C6H7F2N5. The third-order valence-electron chi connectivity index (χ3n) is 1.80. The van der Waals surface area contributed by atoms with Crippen molar-refractivity contribution in [3.63, 3.8) is 0 Å². The highest BCUT2D eigenvalue weighted by Crippen LogP contribution is 2.28. The van der Waals surface area contributed by atoms with E-state index in [1.165, 1.54) is 11.7 Å². The second-order valence-corrected chi connectivity index (χ2v) is 2.65. The Kier molecular flexibility index (Phi) is 1.48. The van der Waals surface area contributed by atoms with Crippen molar-refractivity contribution in [3.05, 3.63) is 5.69 Å². The van der Waals surface area contributed by atoms with Gasteiger partial charge in [-0.3, -0.25) is 5.10 Å². The zero-order valence-electron chi connectivity index (χ0n) is 6.75. The standard InChI is InChI=1S/C6H7F2N5/c1-13-6-2(5(9)10-11-6)3(12-13)4(7)8/h4H,1H3,(H3,9,10,11). The van der Waals surface area contributed by atoms with Crippen molar-refractivity contribution in [2.24, 2.45) is 7.05 Å². The molecule has 0 saturated carbocycles. The first kappa shape index (κ1) is 7.96. The lowest BCUT2D eigenvalue weighted by atomic mass is 10.3. The summed E-state index contributed by atoms with van der Waals surface area (Å²) in [6.07, 6.45) is -2.64. The molecule has 0 bridgehead atoms. The van der Waals surface area contributed by atoms with Gasteiger partial charge >= 0.3 is 0 Å². The first-order chi connectivity index (χ1) is 6.11. The minimum atomic E-state index is -2.64. The van der Waals surface area contributed by atoms with E-state index in [4.69, 9.17) is 5.73 Å². The van der Waals surface area contributed by atoms with Gasteiger partial charge in [0, 0.05) is 7.05 Å². The van der Waals surface area contributed by atoms with Crippen LogP contribution in [-0.2, 0) is 7.05 Å². The molecule has 0 fully saturated rings. The molecule has 5 nitrogen and oxygen atoms in total. The summed E-state index contributed by atoms with van der Waals surface area (Å²) in [7, 11) is 1.54. The molecule has 0 aliphatic heterocycles. The first-order valence-corrected chi connectivity index (χ1v) is 3.56. The van der Waals surface area contributed by atoms with E-state index in [-0.39, 0.29) is 16.9 Å². The number of aryl methyl sites for hydroxylation is 1. The molecule has 2 aromatic rings. The van der Waals surface area contributed by atoms with Crippen molar-refractivity contribution in [3.8, 4) is 0 Å². The van der Waals surface area contributed by atoms with Gasteiger partial charge in [0.05, 0.1) is 5.39 Å². The minimum absolute atomic E-state index is 0.124. The van der Waals surface area contributed by atoms with Crippen LogP contribution in [0.1, 0.15) is 12.1 Å². The maximum absolute atomic E-state index is 12.4. The summed E-state index contributed by atoms with van der Waals surface area (Å²) in [5.41, 5.74) is 5.43. The summed E-state index contributed by atoms with van der Waals surface area (Å²) in [4.78, 5) is 0. The third kappa shape index (κ3) is 0.962. The number of nitrogen functional groups attached to an aromatic ring is 1. The fourth-order valence-electron chi connectivity index (χ4n) is 1.24. The Bertz CT molecular complexity index is 443. The number of fused-ring (bicyclic) bond motifs is 1. The number of rotatable bonds is 1. The molecule has 2 rings (SSSR count). The van der Waals surface area contributed by atoms with Gasteiger partial charge in [-0.25, -0.2) is 13.5 Å². The van der Waals surface area contributed by atoms with Crippen LogP contribution in [-0.4, -0.2) is 20.0 Å². The zero-order valence-corrected chi connectivity index (χ0v) is 6.75. The molecule has 0 atom stereocenters. The van der Waals surface area contributed by atoms with E-state index in [2.05, 4.69) is 15.3 Å². The number of alkyl halides is 2. The number of halogens is 2. The van der Waals surface area contributed by atoms with Crippen molar-refractivity contribution in [1.82, 2.24) is 20.0 Å². The second-order valence-electron chi connectivity index (χ2n) is 2.65. The average Bonchev–Trinajstić information content (AvgIpc) is 2.55. The fraction of sp³-hybridized carbons (Fsp3) is 0.333. The molecule has 0 amide bonds. The number of aromatic amines is 1. The molecule has 0 unspecified atom stereocenters. The summed E-state index contributed by atoms with van der Waals surface area (Å²) < 4.78 is 26.1. The van der Waals surface area contributed by atoms with Crippen LogP contribution in [0.3, 0.4) is 0 Å². The lowest BCUT2D eigenvalue weighted by Gasteiger charge is -1.92. The smallest absolute Gasteiger partial charge is 0.282 e. The number of nitrogens with two attached hydrogens (primary N) is 1. The maximum atomic E-state index is 12.4. The van der Waals surface area contributed by atoms with E-state index in [9.17, 15) is 8.78 Å². The SMILES string of the molecule is Cn1nc(C(F)F)c2c(N)[nH]nc21. The van der Waals surface area contributed by atoms with Gasteiger partial charge in [0.25, 0.3) is 6.43 Å². The Balaban J connectivity index is 2.81. The zero-order chi connectivity index (χ0) is 9.59. The molecule has 7 heteroatoms. The largest absolute Gasteiger partial charge is 0.383 e. The predicted molar refractivity (Wildman–Crippen MR) is 42.2 cm³/mol. The molecule has 2 aromatic heterocycles. The Morgan fingerprint density at radius 2 is 2.23 bits per heavy atom. The molecule has 0 saturated heterocycles. The normalized spacial score (nSPS) is 11.7. The van der Waals surface area contributed by atoms with E-state index >= 15 is 0 Å². The fourth-order valence-corrected chi connectivity index (χ4v) is 1.24. The van der Waals surface area contributed by atoms with Crippen LogP contribution in [0.25, 0.3) is 11.0 Å². The van der Waals surface area contributed by atoms with Gasteiger partial charge in [-0.05, 0) is 0 Å². The van der Waals surface area contributed by atoms with Gasteiger partial charge in [-0.2, -0.15) is 10.2 Å². The lowest BCUT2D eigenvalue weighted by molar-refractivity contribution is 0.147. The second kappa shape index (κ2) is 2.41. The Hall–Kier alpha value is -1.66. The van der Waals surface area contributed by atoms with Crippen LogP contribution in [0, 0.1) is 0 Å². The number of hydrogen-bond donors (Lipinski definition) is 2. The van der Waals surface area contributed by atoms with E-state index in [1.807, 2.05) is 0 Å². The average molecular weight is 187 g/mol. The maximum Gasteiger partial charge on any atom is 0.282 e. The minimum Gasteiger partial charge on any atom is -0.383 e. The highest BCUT2D eigenvalue weighted by atomic mass is 19.3. The van der Waals surface area contributed by atoms with Crippen molar-refractivity contribution in [2.45, 2.75) is 6.43 Å². The van der Waals surface area contributed by atoms with Gasteiger partial charge in [0.1, 0.15) is 11.5 Å². The van der Waals surface area contributed by atoms with Crippen LogP contribution < -0.4 is 5.73 Å². The van der Waals surface area contributed by atoms with Crippen LogP contribution in [0.4, 0.5) is 14.6 Å². The molecular weight excluding hydrogens is 180 g/mol. The molecule has 0 aliphatic rings. The quantitative estimate of drug-likeness (QED) is 0.694. The lowest BCUT2D eigenvalue weighted by Crippen LogP contribution is -1.94. The first-order valence-electron chi connectivity index (χ1n) is 3.56. The van der Waals surface area contributed by atoms with Crippen molar-refractivity contribution in [1.29, 1.82) is 0 Å². The monoisotopic (exact) mass is 187 g/mol. The molecule has 0 spiro atoms. The molecule has 0 aromatic carbocycles. The van der Waals surface area contributed by atoms with Crippen LogP contribution in [0.2, 0.25) is 0 Å². The summed E-state index contributed by atoms with van der Waals surface area (Å²) in [5.74, 6) is 0.124. The Morgan fingerprint density at radius 1 is 1.54 bits per heavy atom. The van der Waals surface area contributed by atoms with Crippen molar-refractivity contribution in [2.75, 3.05) is 5.73 Å². The third-order valence-corrected chi connectivity index (χ3v) is 1.80. The number of aromatic nitrogens is 4. The van der Waals surface area contributed by atoms with E-state index in [0.717, 1.165) is 0 Å². The highest BCUT2D eigenvalue weighted by molar-refractivity contribution is 5.89. The molecule has 70 valence electrons. The van der Waals surface area contributed by atoms with Crippen molar-refractivity contribution >= 4 is 16.9 Å². The molecule has 0 aliphatic carbocycles. The van der Waals surface area contributed by atoms with Crippen LogP contribution in [0.5, 0.6) is 0 Å². The summed E-state index contributed by atoms with van der Waals surface area (Å²) in [5, 5.41) is 9.98. The number of hydrogen-bond acceptors (Lipinski definition) is 3. The van der Waals surface area contributed by atoms with E-state index in [0.29, 0.717) is 5.65 Å². The van der Waals surface area contributed by atoms with E-state index < -0.39 is 6.43 Å². The summed E-state index contributed by atoms with van der Waals surface area (Å²) in [6, 6.07) is 0. The molecule has 3 N–H and O–H groups in total. The highest BCUT2D eigenvalue weighted by Gasteiger charge is 2.21. The topological polar surface area (TPSA) is 72.5 Å². The number of H-pyrrole nitrogens is 1. The van der Waals surface area contributed by atoms with Crippen LogP contribution in [0.15, 0.2) is 0 Å². The molecule has 0 radical (unpaired) electrons. The Morgan fingerprint density at radius 3 is 2.85 bits per heavy atom. The summed E-state index contributed by atoms with van der Waals surface area (Å²) >= 11 is 0. The van der Waals surface area contributed by atoms with Gasteiger partial charge in [0.2, 0.25) is 0 Å². The van der Waals surface area contributed by atoms with Crippen LogP contribution >= 0.6 is 0 Å². The van der Waals surface area contributed by atoms with E-state index in [1.54, 1.807) is 0 Å². The van der Waals surface area contributed by atoms with Crippen molar-refractivity contribution < 1.29 is 8.78 Å². The summed E-state index contributed by atoms with van der Waals surface area (Å²) in [6.45, 7) is 0. The van der Waals surface area contributed by atoms with Gasteiger partial charge in [-0.1, -0.05) is 0 Å². The molecule has 13 heavy (non-hydrogen) atoms. The van der Waals surface area contributed by atoms with Gasteiger partial charge in [-0.15, -0.1) is 0 Å². The predicted octanol–water partition coefficient (Wildman–Crippen LogP) is 0.816. The number of nitrogens with zero attached hydrogens (tertiary/aromatic N) is 3.